The van der Waals surface area contributed by atoms with E-state index in [4.69, 9.17) is 0 Å². The first-order valence-electron chi connectivity index (χ1n) is 7.85. The van der Waals surface area contributed by atoms with Gasteiger partial charge in [-0.05, 0) is 38.1 Å². The fraction of sp³-hybridized carbons (Fsp3) is 0.688. The summed E-state index contributed by atoms with van der Waals surface area (Å²) in [5.41, 5.74) is 0. The second-order valence-electron chi connectivity index (χ2n) is 5.55. The molecule has 0 amide bonds. The van der Waals surface area contributed by atoms with Crippen LogP contribution in [-0.2, 0) is 22.5 Å². The van der Waals surface area contributed by atoms with Crippen molar-refractivity contribution in [2.45, 2.75) is 38.6 Å². The van der Waals surface area contributed by atoms with Crippen molar-refractivity contribution in [2.24, 2.45) is 0 Å². The van der Waals surface area contributed by atoms with Gasteiger partial charge in [-0.3, -0.25) is 4.79 Å². The zero-order valence-electron chi connectivity index (χ0n) is 12.9. The fourth-order valence-corrected chi connectivity index (χ4v) is 3.61. The van der Waals surface area contributed by atoms with Crippen LogP contribution in [0.5, 0.6) is 0 Å². The van der Waals surface area contributed by atoms with Crippen molar-refractivity contribution in [3.8, 4) is 0 Å². The van der Waals surface area contributed by atoms with Crippen LogP contribution in [0.3, 0.4) is 0 Å². The zero-order chi connectivity index (χ0) is 14.9. The summed E-state index contributed by atoms with van der Waals surface area (Å²) >= 11 is 1.69. The molecular weight excluding hydrogens is 284 g/mol. The first-order chi connectivity index (χ1) is 10.3. The molecule has 2 heterocycles. The van der Waals surface area contributed by atoms with E-state index >= 15 is 0 Å². The molecule has 21 heavy (non-hydrogen) atoms. The highest BCUT2D eigenvalue weighted by Crippen LogP contribution is 2.17. The van der Waals surface area contributed by atoms with Crippen molar-refractivity contribution in [3.63, 3.8) is 0 Å². The molecule has 5 heteroatoms. The molecular formula is C16H26N2O2S. The van der Waals surface area contributed by atoms with E-state index in [1.807, 2.05) is 6.07 Å². The Kier molecular flexibility index (Phi) is 7.19. The number of hydrogen-bond donors (Lipinski definition) is 1. The van der Waals surface area contributed by atoms with Crippen molar-refractivity contribution in [1.29, 1.82) is 0 Å². The highest BCUT2D eigenvalue weighted by Gasteiger charge is 2.09. The zero-order valence-corrected chi connectivity index (χ0v) is 13.7. The van der Waals surface area contributed by atoms with Gasteiger partial charge in [-0.25, -0.2) is 0 Å². The summed E-state index contributed by atoms with van der Waals surface area (Å²) in [5, 5.41) is 3.50. The molecule has 1 aliphatic heterocycles. The molecule has 0 aromatic carbocycles. The van der Waals surface area contributed by atoms with E-state index in [1.54, 1.807) is 11.3 Å². The lowest BCUT2D eigenvalue weighted by molar-refractivity contribution is -0.139. The Morgan fingerprint density at radius 1 is 1.24 bits per heavy atom. The molecule has 0 spiro atoms. The SMILES string of the molecule is COC(=O)Cc1ccc(CNCCN2CCCCCC2)s1. The number of carbonyl (C=O) groups is 1. The van der Waals surface area contributed by atoms with E-state index in [2.05, 4.69) is 21.0 Å². The molecule has 2 rings (SSSR count). The Hall–Kier alpha value is -0.910. The van der Waals surface area contributed by atoms with Gasteiger partial charge in [-0.1, -0.05) is 12.8 Å². The number of hydrogen-bond acceptors (Lipinski definition) is 5. The van der Waals surface area contributed by atoms with Gasteiger partial charge in [0.15, 0.2) is 0 Å². The largest absolute Gasteiger partial charge is 0.469 e. The molecule has 0 saturated carbocycles. The quantitative estimate of drug-likeness (QED) is 0.620. The second kappa shape index (κ2) is 9.18. The summed E-state index contributed by atoms with van der Waals surface area (Å²) in [4.78, 5) is 16.1. The van der Waals surface area contributed by atoms with Gasteiger partial charge in [0.2, 0.25) is 0 Å². The van der Waals surface area contributed by atoms with Gasteiger partial charge < -0.3 is 15.0 Å². The minimum absolute atomic E-state index is 0.169. The number of ether oxygens (including phenoxy) is 1. The number of thiophene rings is 1. The minimum Gasteiger partial charge on any atom is -0.469 e. The lowest BCUT2D eigenvalue weighted by Gasteiger charge is -2.19. The van der Waals surface area contributed by atoms with E-state index in [0.29, 0.717) is 6.42 Å². The average Bonchev–Trinajstić information content (AvgIpc) is 2.77. The maximum absolute atomic E-state index is 11.2. The summed E-state index contributed by atoms with van der Waals surface area (Å²) in [6.07, 6.45) is 5.86. The Morgan fingerprint density at radius 3 is 2.67 bits per heavy atom. The molecule has 1 aromatic rings. The molecule has 4 nitrogen and oxygen atoms in total. The number of nitrogens with one attached hydrogen (secondary N) is 1. The third-order valence-corrected chi connectivity index (χ3v) is 4.95. The van der Waals surface area contributed by atoms with Gasteiger partial charge in [0, 0.05) is 29.4 Å². The van der Waals surface area contributed by atoms with E-state index in [1.165, 1.54) is 50.8 Å². The molecule has 1 aromatic heterocycles. The van der Waals surface area contributed by atoms with Crippen molar-refractivity contribution in [3.05, 3.63) is 21.9 Å². The number of likely N-dealkylation sites (tertiary alicyclic amines) is 1. The monoisotopic (exact) mass is 310 g/mol. The van der Waals surface area contributed by atoms with Crippen LogP contribution in [0.15, 0.2) is 12.1 Å². The van der Waals surface area contributed by atoms with Crippen LogP contribution < -0.4 is 5.32 Å². The van der Waals surface area contributed by atoms with Crippen molar-refractivity contribution in [2.75, 3.05) is 33.3 Å². The molecule has 1 aliphatic rings. The number of methoxy groups -OCH3 is 1. The molecule has 0 aliphatic carbocycles. The van der Waals surface area contributed by atoms with Crippen LogP contribution in [0.2, 0.25) is 0 Å². The summed E-state index contributed by atoms with van der Waals surface area (Å²) in [5.74, 6) is -0.169. The maximum Gasteiger partial charge on any atom is 0.310 e. The number of nitrogens with zero attached hydrogens (tertiary/aromatic N) is 1. The molecule has 1 N–H and O–H groups in total. The summed E-state index contributed by atoms with van der Waals surface area (Å²) in [6.45, 7) is 5.57. The maximum atomic E-state index is 11.2. The van der Waals surface area contributed by atoms with Gasteiger partial charge >= 0.3 is 5.97 Å². The highest BCUT2D eigenvalue weighted by molar-refractivity contribution is 7.12. The second-order valence-corrected chi connectivity index (χ2v) is 6.81. The lowest BCUT2D eigenvalue weighted by Crippen LogP contribution is -2.32. The van der Waals surface area contributed by atoms with Gasteiger partial charge in [0.1, 0.15) is 0 Å². The highest BCUT2D eigenvalue weighted by atomic mass is 32.1. The van der Waals surface area contributed by atoms with E-state index in [9.17, 15) is 4.79 Å². The first-order valence-corrected chi connectivity index (χ1v) is 8.67. The Balaban J connectivity index is 1.63. The predicted molar refractivity (Wildman–Crippen MR) is 86.7 cm³/mol. The molecule has 0 radical (unpaired) electrons. The molecule has 0 unspecified atom stereocenters. The normalized spacial score (nSPS) is 16.6. The predicted octanol–water partition coefficient (Wildman–Crippen LogP) is 2.43. The number of esters is 1. The van der Waals surface area contributed by atoms with Crippen molar-refractivity contribution in [1.82, 2.24) is 10.2 Å². The lowest BCUT2D eigenvalue weighted by atomic mass is 10.2. The smallest absolute Gasteiger partial charge is 0.310 e. The first kappa shape index (κ1) is 16.5. The minimum atomic E-state index is -0.169. The Bertz CT molecular complexity index is 426. The average molecular weight is 310 g/mol. The third-order valence-electron chi connectivity index (χ3n) is 3.87. The van der Waals surface area contributed by atoms with Crippen molar-refractivity contribution < 1.29 is 9.53 Å². The molecule has 0 bridgehead atoms. The van der Waals surface area contributed by atoms with Gasteiger partial charge in [0.25, 0.3) is 0 Å². The topological polar surface area (TPSA) is 41.6 Å². The van der Waals surface area contributed by atoms with Crippen molar-refractivity contribution >= 4 is 17.3 Å². The summed E-state index contributed by atoms with van der Waals surface area (Å²) in [7, 11) is 1.43. The van der Waals surface area contributed by atoms with Crippen LogP contribution in [0.4, 0.5) is 0 Å². The van der Waals surface area contributed by atoms with Gasteiger partial charge in [-0.15, -0.1) is 11.3 Å². The molecule has 1 saturated heterocycles. The van der Waals surface area contributed by atoms with E-state index in [0.717, 1.165) is 24.5 Å². The molecule has 0 atom stereocenters. The van der Waals surface area contributed by atoms with Crippen LogP contribution >= 0.6 is 11.3 Å². The van der Waals surface area contributed by atoms with E-state index < -0.39 is 0 Å². The van der Waals surface area contributed by atoms with Gasteiger partial charge in [0.05, 0.1) is 13.5 Å². The number of carbonyl (C=O) groups excluding carboxylic acids is 1. The summed E-state index contributed by atoms with van der Waals surface area (Å²) in [6, 6.07) is 4.12. The Morgan fingerprint density at radius 2 is 1.95 bits per heavy atom. The van der Waals surface area contributed by atoms with Crippen LogP contribution in [0.1, 0.15) is 35.4 Å². The van der Waals surface area contributed by atoms with Crippen LogP contribution in [0, 0.1) is 0 Å². The van der Waals surface area contributed by atoms with E-state index in [-0.39, 0.29) is 5.97 Å². The molecule has 1 fully saturated rings. The fourth-order valence-electron chi connectivity index (χ4n) is 2.64. The number of rotatable bonds is 7. The Labute approximate surface area is 131 Å². The molecule has 118 valence electrons. The third kappa shape index (κ3) is 6.16. The summed E-state index contributed by atoms with van der Waals surface area (Å²) < 4.78 is 4.69. The standard InChI is InChI=1S/C16H26N2O2S/c1-20-16(19)12-14-6-7-15(21-14)13-17-8-11-18-9-4-2-3-5-10-18/h6-7,17H,2-5,8-13H2,1H3. The van der Waals surface area contributed by atoms with Crippen LogP contribution in [0.25, 0.3) is 0 Å². The van der Waals surface area contributed by atoms with Crippen LogP contribution in [-0.4, -0.2) is 44.2 Å². The van der Waals surface area contributed by atoms with Gasteiger partial charge in [-0.2, -0.15) is 0 Å².